The van der Waals surface area contributed by atoms with E-state index in [2.05, 4.69) is 21.5 Å². The number of thioether (sulfide) groups is 1. The first-order valence-electron chi connectivity index (χ1n) is 8.65. The number of halogens is 1. The van der Waals surface area contributed by atoms with Gasteiger partial charge in [0.05, 0.1) is 18.3 Å². The number of carbonyl (C=O) groups excluding carboxylic acids is 1. The van der Waals surface area contributed by atoms with Crippen LogP contribution in [0.1, 0.15) is 5.56 Å². The van der Waals surface area contributed by atoms with E-state index in [0.717, 1.165) is 33.1 Å². The molecule has 0 unspecified atom stereocenters. The standard InChI is InChI=1S/C21H17ClN4OS/c1-28-17-10-15(19-13-23-20-7-4-8-24-26(19)20)9-16(12-17)25-21(27)11-14-5-2-3-6-18(14)22/h2-10,12-13H,11H2,1H3,(H,25,27). The number of carbonyl (C=O) groups is 1. The third kappa shape index (κ3) is 3.88. The van der Waals surface area contributed by atoms with Crippen molar-refractivity contribution in [2.75, 3.05) is 11.6 Å². The van der Waals surface area contributed by atoms with Crippen LogP contribution >= 0.6 is 23.4 Å². The Labute approximate surface area is 171 Å². The quantitative estimate of drug-likeness (QED) is 0.474. The molecule has 1 N–H and O–H groups in total. The molecule has 0 aliphatic carbocycles. The van der Waals surface area contributed by atoms with Gasteiger partial charge in [-0.15, -0.1) is 11.8 Å². The molecular weight excluding hydrogens is 392 g/mol. The fourth-order valence-electron chi connectivity index (χ4n) is 2.98. The molecule has 0 spiro atoms. The van der Waals surface area contributed by atoms with Crippen molar-refractivity contribution in [2.24, 2.45) is 0 Å². The summed E-state index contributed by atoms with van der Waals surface area (Å²) in [5.41, 5.74) is 4.11. The number of fused-ring (bicyclic) bond motifs is 1. The van der Waals surface area contributed by atoms with Gasteiger partial charge in [0.25, 0.3) is 0 Å². The van der Waals surface area contributed by atoms with Crippen LogP contribution in [0.15, 0.2) is 71.9 Å². The Morgan fingerprint density at radius 1 is 1.18 bits per heavy atom. The average Bonchev–Trinajstić information content (AvgIpc) is 3.13. The Kier molecular flexibility index (Phi) is 5.32. The zero-order valence-electron chi connectivity index (χ0n) is 15.1. The SMILES string of the molecule is CSc1cc(NC(=O)Cc2ccccc2Cl)cc(-c2cnc3cccnn23)c1. The lowest BCUT2D eigenvalue weighted by Crippen LogP contribution is -2.14. The van der Waals surface area contributed by atoms with E-state index in [1.165, 1.54) is 0 Å². The van der Waals surface area contributed by atoms with Gasteiger partial charge >= 0.3 is 0 Å². The zero-order valence-corrected chi connectivity index (χ0v) is 16.7. The summed E-state index contributed by atoms with van der Waals surface area (Å²) in [6, 6.07) is 17.1. The molecule has 7 heteroatoms. The van der Waals surface area contributed by atoms with E-state index in [1.54, 1.807) is 34.7 Å². The topological polar surface area (TPSA) is 59.3 Å². The van der Waals surface area contributed by atoms with Gasteiger partial charge in [0, 0.05) is 27.4 Å². The highest BCUT2D eigenvalue weighted by molar-refractivity contribution is 7.98. The van der Waals surface area contributed by atoms with Crippen molar-refractivity contribution < 1.29 is 4.79 Å². The minimum Gasteiger partial charge on any atom is -0.326 e. The van der Waals surface area contributed by atoms with Crippen molar-refractivity contribution in [3.63, 3.8) is 0 Å². The van der Waals surface area contributed by atoms with Gasteiger partial charge in [0.2, 0.25) is 5.91 Å². The fraction of sp³-hybridized carbons (Fsp3) is 0.0952. The molecule has 2 aromatic heterocycles. The van der Waals surface area contributed by atoms with Crippen molar-refractivity contribution in [1.82, 2.24) is 14.6 Å². The highest BCUT2D eigenvalue weighted by atomic mass is 35.5. The Bertz CT molecular complexity index is 1160. The van der Waals surface area contributed by atoms with Gasteiger partial charge in [-0.2, -0.15) is 5.10 Å². The lowest BCUT2D eigenvalue weighted by atomic mass is 10.1. The van der Waals surface area contributed by atoms with Crippen LogP contribution in [-0.4, -0.2) is 26.8 Å². The first-order valence-corrected chi connectivity index (χ1v) is 10.3. The number of hydrogen-bond acceptors (Lipinski definition) is 4. The predicted octanol–water partition coefficient (Wildman–Crippen LogP) is 4.95. The molecular formula is C21H17ClN4OS. The Balaban J connectivity index is 1.64. The molecule has 0 saturated heterocycles. The maximum absolute atomic E-state index is 12.5. The van der Waals surface area contributed by atoms with Gasteiger partial charge in [-0.3, -0.25) is 4.79 Å². The molecule has 0 atom stereocenters. The Morgan fingerprint density at radius 2 is 2.04 bits per heavy atom. The van der Waals surface area contributed by atoms with Gasteiger partial charge in [-0.05, 0) is 48.2 Å². The summed E-state index contributed by atoms with van der Waals surface area (Å²) in [6.07, 6.45) is 5.73. The van der Waals surface area contributed by atoms with E-state index in [4.69, 9.17) is 11.6 Å². The van der Waals surface area contributed by atoms with Crippen molar-refractivity contribution in [3.8, 4) is 11.3 Å². The monoisotopic (exact) mass is 408 g/mol. The van der Waals surface area contributed by atoms with Crippen LogP contribution in [-0.2, 0) is 11.2 Å². The van der Waals surface area contributed by atoms with Gasteiger partial charge in [0.15, 0.2) is 5.65 Å². The lowest BCUT2D eigenvalue weighted by molar-refractivity contribution is -0.115. The van der Waals surface area contributed by atoms with E-state index in [-0.39, 0.29) is 12.3 Å². The summed E-state index contributed by atoms with van der Waals surface area (Å²) in [5, 5.41) is 7.95. The van der Waals surface area contributed by atoms with E-state index in [9.17, 15) is 4.79 Å². The first-order chi connectivity index (χ1) is 13.6. The van der Waals surface area contributed by atoms with Crippen LogP contribution in [0.4, 0.5) is 5.69 Å². The average molecular weight is 409 g/mol. The highest BCUT2D eigenvalue weighted by Crippen LogP contribution is 2.29. The molecule has 28 heavy (non-hydrogen) atoms. The number of rotatable bonds is 5. The summed E-state index contributed by atoms with van der Waals surface area (Å²) in [5.74, 6) is -0.117. The predicted molar refractivity (Wildman–Crippen MR) is 114 cm³/mol. The minimum atomic E-state index is -0.117. The van der Waals surface area contributed by atoms with Gasteiger partial charge in [0.1, 0.15) is 0 Å². The molecule has 0 saturated carbocycles. The Hall–Kier alpha value is -2.83. The normalized spacial score (nSPS) is 10.9. The molecule has 0 fully saturated rings. The number of nitrogens with zero attached hydrogens (tertiary/aromatic N) is 3. The smallest absolute Gasteiger partial charge is 0.228 e. The fourth-order valence-corrected chi connectivity index (χ4v) is 3.68. The van der Waals surface area contributed by atoms with Crippen LogP contribution in [0.25, 0.3) is 16.9 Å². The third-order valence-corrected chi connectivity index (χ3v) is 5.38. The van der Waals surface area contributed by atoms with Crippen LogP contribution in [0.5, 0.6) is 0 Å². The molecule has 4 aromatic rings. The number of aromatic nitrogens is 3. The van der Waals surface area contributed by atoms with E-state index in [0.29, 0.717) is 5.02 Å². The number of hydrogen-bond donors (Lipinski definition) is 1. The number of nitrogens with one attached hydrogen (secondary N) is 1. The van der Waals surface area contributed by atoms with Crippen LogP contribution in [0.2, 0.25) is 5.02 Å². The molecule has 0 bridgehead atoms. The van der Waals surface area contributed by atoms with Gasteiger partial charge in [-0.1, -0.05) is 29.8 Å². The maximum atomic E-state index is 12.5. The second-order valence-corrected chi connectivity index (χ2v) is 7.49. The number of imidazole rings is 1. The van der Waals surface area contributed by atoms with Crippen LogP contribution < -0.4 is 5.32 Å². The van der Waals surface area contributed by atoms with Crippen molar-refractivity contribution in [3.05, 3.63) is 77.6 Å². The zero-order chi connectivity index (χ0) is 19.5. The molecule has 140 valence electrons. The van der Waals surface area contributed by atoms with Gasteiger partial charge < -0.3 is 5.32 Å². The second-order valence-electron chi connectivity index (χ2n) is 6.20. The van der Waals surface area contributed by atoms with E-state index in [1.807, 2.05) is 48.7 Å². The van der Waals surface area contributed by atoms with E-state index >= 15 is 0 Å². The molecule has 1 amide bonds. The molecule has 0 aliphatic rings. The molecule has 4 rings (SSSR count). The minimum absolute atomic E-state index is 0.117. The number of anilines is 1. The van der Waals surface area contributed by atoms with E-state index < -0.39 is 0 Å². The highest BCUT2D eigenvalue weighted by Gasteiger charge is 2.12. The Morgan fingerprint density at radius 3 is 2.86 bits per heavy atom. The summed E-state index contributed by atoms with van der Waals surface area (Å²) in [4.78, 5) is 18.0. The molecule has 0 radical (unpaired) electrons. The molecule has 2 aromatic carbocycles. The van der Waals surface area contributed by atoms with Crippen molar-refractivity contribution in [1.29, 1.82) is 0 Å². The third-order valence-electron chi connectivity index (χ3n) is 4.31. The van der Waals surface area contributed by atoms with Crippen LogP contribution in [0, 0.1) is 0 Å². The summed E-state index contributed by atoms with van der Waals surface area (Å²) in [7, 11) is 0. The lowest BCUT2D eigenvalue weighted by Gasteiger charge is -2.10. The molecule has 2 heterocycles. The maximum Gasteiger partial charge on any atom is 0.228 e. The number of amides is 1. The molecule has 5 nitrogen and oxygen atoms in total. The van der Waals surface area contributed by atoms with Crippen molar-refractivity contribution in [2.45, 2.75) is 11.3 Å². The summed E-state index contributed by atoms with van der Waals surface area (Å²) in [6.45, 7) is 0. The molecule has 0 aliphatic heterocycles. The second kappa shape index (κ2) is 8.04. The summed E-state index contributed by atoms with van der Waals surface area (Å²) >= 11 is 7.78. The van der Waals surface area contributed by atoms with Crippen LogP contribution in [0.3, 0.4) is 0 Å². The number of benzene rings is 2. The first kappa shape index (κ1) is 18.5. The van der Waals surface area contributed by atoms with Gasteiger partial charge in [-0.25, -0.2) is 9.50 Å². The largest absolute Gasteiger partial charge is 0.326 e. The van der Waals surface area contributed by atoms with Crippen molar-refractivity contribution >= 4 is 40.6 Å². The summed E-state index contributed by atoms with van der Waals surface area (Å²) < 4.78 is 1.79.